The number of carboxylic acid groups (broad SMARTS) is 1. The molecule has 1 unspecified atom stereocenters. The maximum Gasteiger partial charge on any atom is 0.335 e. The molecule has 0 saturated carbocycles. The lowest BCUT2D eigenvalue weighted by atomic mass is 10.2. The first-order valence-corrected chi connectivity index (χ1v) is 6.82. The fourth-order valence-corrected chi connectivity index (χ4v) is 1.65. The number of ether oxygens (including phenoxy) is 2. The molecule has 6 heteroatoms. The highest BCUT2D eigenvalue weighted by Gasteiger charge is 2.18. The standard InChI is InChI=1S/C15H21NO5/c1-5-20-13-8-11(15(18)19)6-7-12(13)21-10(4)14(17)16-9(2)3/h6-10H,5H2,1-4H3,(H,16,17)(H,18,19). The first-order chi connectivity index (χ1) is 9.85. The fraction of sp³-hybridized carbons (Fsp3) is 0.467. The van der Waals surface area contributed by atoms with Gasteiger partial charge < -0.3 is 19.9 Å². The highest BCUT2D eigenvalue weighted by molar-refractivity contribution is 5.88. The number of hydrogen-bond acceptors (Lipinski definition) is 4. The number of carboxylic acids is 1. The maximum absolute atomic E-state index is 11.8. The van der Waals surface area contributed by atoms with Gasteiger partial charge in [0.2, 0.25) is 0 Å². The Morgan fingerprint density at radius 2 is 1.90 bits per heavy atom. The topological polar surface area (TPSA) is 84.9 Å². The van der Waals surface area contributed by atoms with Crippen molar-refractivity contribution in [3.63, 3.8) is 0 Å². The lowest BCUT2D eigenvalue weighted by Crippen LogP contribution is -2.40. The molecule has 1 rings (SSSR count). The number of carbonyl (C=O) groups excluding carboxylic acids is 1. The second kappa shape index (κ2) is 7.52. The van der Waals surface area contributed by atoms with Crippen LogP contribution < -0.4 is 14.8 Å². The van der Waals surface area contributed by atoms with Crippen LogP contribution in [0.3, 0.4) is 0 Å². The highest BCUT2D eigenvalue weighted by atomic mass is 16.5. The van der Waals surface area contributed by atoms with E-state index in [2.05, 4.69) is 5.32 Å². The van der Waals surface area contributed by atoms with Crippen LogP contribution in [0.1, 0.15) is 38.1 Å². The molecule has 116 valence electrons. The van der Waals surface area contributed by atoms with Crippen molar-refractivity contribution in [1.82, 2.24) is 5.32 Å². The minimum absolute atomic E-state index is 0.0179. The molecule has 1 aromatic rings. The molecule has 0 spiro atoms. The zero-order valence-electron chi connectivity index (χ0n) is 12.7. The predicted octanol–water partition coefficient (Wildman–Crippen LogP) is 2.08. The third-order valence-electron chi connectivity index (χ3n) is 2.59. The largest absolute Gasteiger partial charge is 0.490 e. The van der Waals surface area contributed by atoms with E-state index in [0.717, 1.165) is 0 Å². The Balaban J connectivity index is 2.91. The zero-order chi connectivity index (χ0) is 16.0. The van der Waals surface area contributed by atoms with Crippen molar-refractivity contribution in [1.29, 1.82) is 0 Å². The summed E-state index contributed by atoms with van der Waals surface area (Å²) in [6, 6.07) is 4.30. The van der Waals surface area contributed by atoms with Crippen LogP contribution in [0.25, 0.3) is 0 Å². The number of benzene rings is 1. The van der Waals surface area contributed by atoms with Crippen LogP contribution in [0.5, 0.6) is 11.5 Å². The SMILES string of the molecule is CCOc1cc(C(=O)O)ccc1OC(C)C(=O)NC(C)C. The van der Waals surface area contributed by atoms with Crippen molar-refractivity contribution in [2.45, 2.75) is 39.8 Å². The summed E-state index contributed by atoms with van der Waals surface area (Å²) in [4.78, 5) is 22.8. The van der Waals surface area contributed by atoms with Gasteiger partial charge in [0.05, 0.1) is 12.2 Å². The van der Waals surface area contributed by atoms with E-state index in [9.17, 15) is 9.59 Å². The molecular weight excluding hydrogens is 274 g/mol. The lowest BCUT2D eigenvalue weighted by Gasteiger charge is -2.18. The fourth-order valence-electron chi connectivity index (χ4n) is 1.65. The Hall–Kier alpha value is -2.24. The average molecular weight is 295 g/mol. The van der Waals surface area contributed by atoms with Crippen LogP contribution in [-0.2, 0) is 4.79 Å². The van der Waals surface area contributed by atoms with Crippen molar-refractivity contribution in [2.75, 3.05) is 6.61 Å². The van der Waals surface area contributed by atoms with Gasteiger partial charge in [0.1, 0.15) is 0 Å². The molecule has 1 aromatic carbocycles. The van der Waals surface area contributed by atoms with Crippen molar-refractivity contribution in [2.24, 2.45) is 0 Å². The maximum atomic E-state index is 11.8. The van der Waals surface area contributed by atoms with E-state index < -0.39 is 12.1 Å². The van der Waals surface area contributed by atoms with Crippen LogP contribution in [0.2, 0.25) is 0 Å². The van der Waals surface area contributed by atoms with Gasteiger partial charge in [0, 0.05) is 6.04 Å². The van der Waals surface area contributed by atoms with E-state index >= 15 is 0 Å². The molecular formula is C15H21NO5. The molecule has 6 nitrogen and oxygen atoms in total. The van der Waals surface area contributed by atoms with Crippen LogP contribution in [-0.4, -0.2) is 35.7 Å². The van der Waals surface area contributed by atoms with E-state index in [1.807, 2.05) is 13.8 Å². The minimum Gasteiger partial charge on any atom is -0.490 e. The Kier molecular flexibility index (Phi) is 6.02. The summed E-state index contributed by atoms with van der Waals surface area (Å²) >= 11 is 0. The Morgan fingerprint density at radius 1 is 1.24 bits per heavy atom. The van der Waals surface area contributed by atoms with Gasteiger partial charge in [-0.2, -0.15) is 0 Å². The first kappa shape index (κ1) is 16.8. The van der Waals surface area contributed by atoms with Crippen LogP contribution >= 0.6 is 0 Å². The van der Waals surface area contributed by atoms with Gasteiger partial charge in [-0.3, -0.25) is 4.79 Å². The summed E-state index contributed by atoms with van der Waals surface area (Å²) in [5.74, 6) is -0.641. The van der Waals surface area contributed by atoms with Crippen LogP contribution in [0, 0.1) is 0 Å². The van der Waals surface area contributed by atoms with Gasteiger partial charge in [0.25, 0.3) is 5.91 Å². The normalized spacial score (nSPS) is 11.9. The lowest BCUT2D eigenvalue weighted by molar-refractivity contribution is -0.127. The molecule has 21 heavy (non-hydrogen) atoms. The van der Waals surface area contributed by atoms with Crippen LogP contribution in [0.4, 0.5) is 0 Å². The van der Waals surface area contributed by atoms with E-state index in [4.69, 9.17) is 14.6 Å². The molecule has 0 radical (unpaired) electrons. The van der Waals surface area contributed by atoms with Gasteiger partial charge in [-0.25, -0.2) is 4.79 Å². The van der Waals surface area contributed by atoms with Crippen molar-refractivity contribution >= 4 is 11.9 Å². The summed E-state index contributed by atoms with van der Waals surface area (Å²) in [5, 5.41) is 11.7. The predicted molar refractivity (Wildman–Crippen MR) is 77.9 cm³/mol. The number of aromatic carboxylic acids is 1. The number of rotatable bonds is 7. The summed E-state index contributed by atoms with van der Waals surface area (Å²) in [6.45, 7) is 7.49. The summed E-state index contributed by atoms with van der Waals surface area (Å²) in [6.07, 6.45) is -0.706. The molecule has 0 aliphatic rings. The van der Waals surface area contributed by atoms with E-state index in [0.29, 0.717) is 18.1 Å². The third kappa shape index (κ3) is 4.98. The first-order valence-electron chi connectivity index (χ1n) is 6.82. The van der Waals surface area contributed by atoms with Gasteiger partial charge in [-0.15, -0.1) is 0 Å². The molecule has 0 aliphatic carbocycles. The Morgan fingerprint density at radius 3 is 2.43 bits per heavy atom. The molecule has 0 aliphatic heterocycles. The molecule has 0 aromatic heterocycles. The Labute approximate surface area is 124 Å². The van der Waals surface area contributed by atoms with E-state index in [1.165, 1.54) is 18.2 Å². The van der Waals surface area contributed by atoms with Gasteiger partial charge in [-0.05, 0) is 45.9 Å². The molecule has 0 fully saturated rings. The van der Waals surface area contributed by atoms with Crippen molar-refractivity contribution in [3.8, 4) is 11.5 Å². The average Bonchev–Trinajstić information content (AvgIpc) is 2.39. The van der Waals surface area contributed by atoms with Gasteiger partial charge in [-0.1, -0.05) is 0 Å². The highest BCUT2D eigenvalue weighted by Crippen LogP contribution is 2.29. The smallest absolute Gasteiger partial charge is 0.335 e. The summed E-state index contributed by atoms with van der Waals surface area (Å²) < 4.78 is 10.9. The monoisotopic (exact) mass is 295 g/mol. The molecule has 0 bridgehead atoms. The number of amides is 1. The second-order valence-electron chi connectivity index (χ2n) is 4.82. The van der Waals surface area contributed by atoms with E-state index in [-0.39, 0.29) is 17.5 Å². The molecule has 1 atom stereocenters. The van der Waals surface area contributed by atoms with Crippen LogP contribution in [0.15, 0.2) is 18.2 Å². The summed E-state index contributed by atoms with van der Waals surface area (Å²) in [7, 11) is 0. The quantitative estimate of drug-likeness (QED) is 0.804. The Bertz CT molecular complexity index is 513. The number of hydrogen-bond donors (Lipinski definition) is 2. The number of nitrogens with one attached hydrogen (secondary N) is 1. The molecule has 0 saturated heterocycles. The summed E-state index contributed by atoms with van der Waals surface area (Å²) in [5.41, 5.74) is 0.102. The molecule has 2 N–H and O–H groups in total. The third-order valence-corrected chi connectivity index (χ3v) is 2.59. The van der Waals surface area contributed by atoms with Gasteiger partial charge >= 0.3 is 5.97 Å². The molecule has 0 heterocycles. The van der Waals surface area contributed by atoms with E-state index in [1.54, 1.807) is 13.8 Å². The number of carbonyl (C=O) groups is 2. The van der Waals surface area contributed by atoms with Gasteiger partial charge in [0.15, 0.2) is 17.6 Å². The zero-order valence-corrected chi connectivity index (χ0v) is 12.7. The van der Waals surface area contributed by atoms with Crippen molar-refractivity contribution < 1.29 is 24.2 Å². The van der Waals surface area contributed by atoms with Crippen molar-refractivity contribution in [3.05, 3.63) is 23.8 Å². The second-order valence-corrected chi connectivity index (χ2v) is 4.82. The molecule has 1 amide bonds. The minimum atomic E-state index is -1.05.